The summed E-state index contributed by atoms with van der Waals surface area (Å²) >= 11 is 5.86. The van der Waals surface area contributed by atoms with Gasteiger partial charge in [-0.25, -0.2) is 18.4 Å². The van der Waals surface area contributed by atoms with Gasteiger partial charge in [0.2, 0.25) is 5.82 Å². The lowest BCUT2D eigenvalue weighted by Crippen LogP contribution is -2.40. The van der Waals surface area contributed by atoms with Crippen LogP contribution in [-0.4, -0.2) is 36.7 Å². The zero-order chi connectivity index (χ0) is 26.2. The average Bonchev–Trinajstić information content (AvgIpc) is 2.75. The topological polar surface area (TPSA) is 101 Å². The fraction of sp³-hybridized carbons (Fsp3) is 0.150. The molecule has 3 aromatic rings. The summed E-state index contributed by atoms with van der Waals surface area (Å²) in [6.45, 7) is 0. The molecule has 0 saturated carbocycles. The third-order valence-corrected chi connectivity index (χ3v) is 5.80. The maximum atomic E-state index is 13.6. The molecule has 2 N–H and O–H groups in total. The van der Waals surface area contributed by atoms with E-state index in [2.05, 4.69) is 9.97 Å². The van der Waals surface area contributed by atoms with Crippen LogP contribution in [0.5, 0.6) is 0 Å². The zero-order valence-electron chi connectivity index (χ0n) is 17.3. The van der Waals surface area contributed by atoms with Gasteiger partial charge in [-0.2, -0.15) is 26.3 Å². The van der Waals surface area contributed by atoms with E-state index in [0.29, 0.717) is 0 Å². The number of amides is 1. The Kier molecular flexibility index (Phi) is 7.00. The van der Waals surface area contributed by atoms with E-state index in [1.165, 1.54) is 47.9 Å². The predicted molar refractivity (Wildman–Crippen MR) is 114 cm³/mol. The Bertz CT molecular complexity index is 1380. The quantitative estimate of drug-likeness (QED) is 0.354. The first-order valence-electron chi connectivity index (χ1n) is 9.27. The molecule has 0 aliphatic heterocycles. The number of aromatic nitrogens is 2. The largest absolute Gasteiger partial charge is 0.472 e. The van der Waals surface area contributed by atoms with Crippen LogP contribution >= 0.6 is 11.6 Å². The third kappa shape index (κ3) is 6.00. The number of anilines is 1. The van der Waals surface area contributed by atoms with E-state index >= 15 is 0 Å². The van der Waals surface area contributed by atoms with Crippen LogP contribution in [0.4, 0.5) is 32.2 Å². The fourth-order valence-corrected chi connectivity index (χ4v) is 3.95. The lowest BCUT2D eigenvalue weighted by atomic mass is 9.99. The normalized spacial score (nSPS) is 12.3. The van der Waals surface area contributed by atoms with Gasteiger partial charge in [-0.05, 0) is 23.8 Å². The molecule has 0 spiro atoms. The van der Waals surface area contributed by atoms with Gasteiger partial charge in [-0.15, -0.1) is 0 Å². The van der Waals surface area contributed by atoms with E-state index in [4.69, 9.17) is 11.6 Å². The molecule has 0 atom stereocenters. The van der Waals surface area contributed by atoms with Gasteiger partial charge >= 0.3 is 18.3 Å². The van der Waals surface area contributed by atoms with E-state index in [1.54, 1.807) is 5.43 Å². The summed E-state index contributed by atoms with van der Waals surface area (Å²) in [6, 6.07) is 10.2. The van der Waals surface area contributed by atoms with Crippen molar-refractivity contribution >= 4 is 33.2 Å². The van der Waals surface area contributed by atoms with Crippen LogP contribution in [0.3, 0.4) is 0 Å². The van der Waals surface area contributed by atoms with Crippen molar-refractivity contribution in [3.8, 4) is 22.4 Å². The van der Waals surface area contributed by atoms with Crippen LogP contribution in [0.1, 0.15) is 5.82 Å². The SMILES string of the molecule is CS(=O)(=O)c1ccccc1-c1nc(C(F)(F)F)nc(NNC(=O)C(F)(F)F)c1-c1ccc(Cl)cc1. The number of benzene rings is 2. The van der Waals surface area contributed by atoms with Crippen molar-refractivity contribution in [3.63, 3.8) is 0 Å². The van der Waals surface area contributed by atoms with Crippen molar-refractivity contribution in [1.29, 1.82) is 0 Å². The number of carbonyl (C=O) groups excluding carboxylic acids is 1. The Morgan fingerprint density at radius 3 is 2.09 bits per heavy atom. The molecule has 186 valence electrons. The molecule has 3 rings (SSSR count). The van der Waals surface area contributed by atoms with Gasteiger partial charge < -0.3 is 0 Å². The highest BCUT2D eigenvalue weighted by Crippen LogP contribution is 2.41. The van der Waals surface area contributed by atoms with Crippen LogP contribution in [0, 0.1) is 0 Å². The average molecular weight is 539 g/mol. The number of nitrogens with zero attached hydrogens (tertiary/aromatic N) is 2. The standard InChI is InChI=1S/C20H13ClF6N4O3S/c1-35(33,34)13-5-3-2-4-12(13)15-14(10-6-8-11(21)9-7-10)16(29-17(28-15)19(22,23)24)30-31-18(32)20(25,26)27/h2-9H,1H3,(H,31,32)(H,28,29,30). The first-order valence-corrected chi connectivity index (χ1v) is 11.5. The molecular formula is C20H13ClF6N4O3S. The van der Waals surface area contributed by atoms with Crippen LogP contribution in [-0.2, 0) is 20.8 Å². The molecule has 1 heterocycles. The first kappa shape index (κ1) is 26.2. The number of hydrazine groups is 1. The molecular weight excluding hydrogens is 526 g/mol. The van der Waals surface area contributed by atoms with Crippen molar-refractivity contribution in [1.82, 2.24) is 15.4 Å². The van der Waals surface area contributed by atoms with Crippen molar-refractivity contribution in [2.24, 2.45) is 0 Å². The number of sulfone groups is 1. The summed E-state index contributed by atoms with van der Waals surface area (Å²) < 4.78 is 104. The third-order valence-electron chi connectivity index (χ3n) is 4.39. The Balaban J connectivity index is 2.39. The monoisotopic (exact) mass is 538 g/mol. The molecule has 0 radical (unpaired) electrons. The van der Waals surface area contributed by atoms with E-state index in [1.807, 2.05) is 0 Å². The Labute approximate surface area is 199 Å². The molecule has 15 heteroatoms. The second-order valence-corrected chi connectivity index (χ2v) is 9.39. The van der Waals surface area contributed by atoms with Crippen LogP contribution in [0.15, 0.2) is 53.4 Å². The Morgan fingerprint density at radius 1 is 0.943 bits per heavy atom. The molecule has 0 saturated heterocycles. The van der Waals surface area contributed by atoms with E-state index in [9.17, 15) is 39.6 Å². The van der Waals surface area contributed by atoms with E-state index in [-0.39, 0.29) is 21.7 Å². The van der Waals surface area contributed by atoms with Crippen molar-refractivity contribution in [2.75, 3.05) is 11.7 Å². The number of hydrogen-bond donors (Lipinski definition) is 2. The highest BCUT2D eigenvalue weighted by molar-refractivity contribution is 7.90. The summed E-state index contributed by atoms with van der Waals surface area (Å²) in [4.78, 5) is 17.7. The molecule has 0 aliphatic carbocycles. The first-order chi connectivity index (χ1) is 16.1. The molecule has 35 heavy (non-hydrogen) atoms. The molecule has 1 amide bonds. The van der Waals surface area contributed by atoms with Gasteiger partial charge in [0.15, 0.2) is 15.7 Å². The fourth-order valence-electron chi connectivity index (χ4n) is 2.94. The maximum absolute atomic E-state index is 13.6. The second kappa shape index (κ2) is 9.34. The molecule has 0 aliphatic rings. The minimum Gasteiger partial charge on any atom is -0.281 e. The number of carbonyl (C=O) groups is 1. The minimum absolute atomic E-state index is 0.0604. The summed E-state index contributed by atoms with van der Waals surface area (Å²) in [5.41, 5.74) is 1.89. The minimum atomic E-state index is -5.36. The summed E-state index contributed by atoms with van der Waals surface area (Å²) in [5, 5.41) is 0.222. The number of halogens is 7. The van der Waals surface area contributed by atoms with Gasteiger partial charge in [0.25, 0.3) is 0 Å². The number of rotatable bonds is 5. The lowest BCUT2D eigenvalue weighted by Gasteiger charge is -2.19. The van der Waals surface area contributed by atoms with Crippen molar-refractivity contribution < 1.29 is 39.6 Å². The molecule has 0 bridgehead atoms. The van der Waals surface area contributed by atoms with Gasteiger partial charge in [-0.3, -0.25) is 15.6 Å². The Hall–Kier alpha value is -3.39. The second-order valence-electron chi connectivity index (χ2n) is 6.97. The molecule has 0 unspecified atom stereocenters. The number of alkyl halides is 6. The molecule has 7 nitrogen and oxygen atoms in total. The molecule has 2 aromatic carbocycles. The van der Waals surface area contributed by atoms with Gasteiger partial charge in [0.1, 0.15) is 0 Å². The van der Waals surface area contributed by atoms with Crippen LogP contribution in [0.2, 0.25) is 5.02 Å². The molecule has 1 aromatic heterocycles. The van der Waals surface area contributed by atoms with Gasteiger partial charge in [-0.1, -0.05) is 41.9 Å². The van der Waals surface area contributed by atoms with Crippen LogP contribution < -0.4 is 10.9 Å². The summed E-state index contributed by atoms with van der Waals surface area (Å²) in [6.07, 6.45) is -9.72. The van der Waals surface area contributed by atoms with Crippen molar-refractivity contribution in [2.45, 2.75) is 17.2 Å². The maximum Gasteiger partial charge on any atom is 0.472 e. The number of nitrogens with one attached hydrogen (secondary N) is 2. The predicted octanol–water partition coefficient (Wildman–Crippen LogP) is 4.89. The van der Waals surface area contributed by atoms with Gasteiger partial charge in [0, 0.05) is 16.8 Å². The summed E-state index contributed by atoms with van der Waals surface area (Å²) in [7, 11) is -4.00. The number of hydrogen-bond acceptors (Lipinski definition) is 6. The molecule has 0 fully saturated rings. The summed E-state index contributed by atoms with van der Waals surface area (Å²) in [5.74, 6) is -5.17. The lowest BCUT2D eigenvalue weighted by molar-refractivity contribution is -0.173. The van der Waals surface area contributed by atoms with E-state index in [0.717, 1.165) is 12.3 Å². The van der Waals surface area contributed by atoms with Gasteiger partial charge in [0.05, 0.1) is 16.2 Å². The zero-order valence-corrected chi connectivity index (χ0v) is 18.9. The van der Waals surface area contributed by atoms with E-state index < -0.39 is 50.3 Å². The smallest absolute Gasteiger partial charge is 0.281 e. The highest BCUT2D eigenvalue weighted by Gasteiger charge is 2.40. The Morgan fingerprint density at radius 2 is 1.54 bits per heavy atom. The van der Waals surface area contributed by atoms with Crippen LogP contribution in [0.25, 0.3) is 22.4 Å². The highest BCUT2D eigenvalue weighted by atomic mass is 35.5. The van der Waals surface area contributed by atoms with Crippen molar-refractivity contribution in [3.05, 3.63) is 59.4 Å².